The largest absolute Gasteiger partial charge is 0.391 e. The standard InChI is InChI=1S/C19H22N8O2/c28-13-5-8-26(12-13)17-10-20-14(9-21-17)19(29)23-18-11-22-15-3-4-16(24-27(15)18)25-6-1-2-7-25/h3-4,9-11,13,28H,1-2,5-8,12H2,(H,23,29). The number of hydrogen-bond donors (Lipinski definition) is 2. The van der Waals surface area contributed by atoms with E-state index in [-0.39, 0.29) is 17.7 Å². The molecular weight excluding hydrogens is 372 g/mol. The highest BCUT2D eigenvalue weighted by atomic mass is 16.3. The maximum absolute atomic E-state index is 12.6. The van der Waals surface area contributed by atoms with Crippen LogP contribution < -0.4 is 15.1 Å². The van der Waals surface area contributed by atoms with Gasteiger partial charge in [0.2, 0.25) is 0 Å². The first-order valence-electron chi connectivity index (χ1n) is 9.83. The van der Waals surface area contributed by atoms with E-state index in [1.807, 2.05) is 17.0 Å². The monoisotopic (exact) mass is 394 g/mol. The lowest BCUT2D eigenvalue weighted by atomic mass is 10.3. The molecule has 150 valence electrons. The molecule has 0 saturated carbocycles. The van der Waals surface area contributed by atoms with Crippen molar-refractivity contribution in [1.82, 2.24) is 24.6 Å². The molecule has 10 nitrogen and oxygen atoms in total. The van der Waals surface area contributed by atoms with Crippen LogP contribution in [0.5, 0.6) is 0 Å². The highest BCUT2D eigenvalue weighted by molar-refractivity contribution is 6.02. The molecule has 0 radical (unpaired) electrons. The number of β-amino-alcohol motifs (C(OH)–C–C–N with tert-alkyl or cyclic N) is 1. The van der Waals surface area contributed by atoms with Crippen LogP contribution >= 0.6 is 0 Å². The summed E-state index contributed by atoms with van der Waals surface area (Å²) in [5.41, 5.74) is 0.872. The number of nitrogens with zero attached hydrogens (tertiary/aromatic N) is 7. The van der Waals surface area contributed by atoms with Crippen LogP contribution in [0.1, 0.15) is 29.8 Å². The lowest BCUT2D eigenvalue weighted by Gasteiger charge is -2.16. The lowest BCUT2D eigenvalue weighted by molar-refractivity contribution is 0.102. The Labute approximate surface area is 167 Å². The number of anilines is 3. The van der Waals surface area contributed by atoms with E-state index in [1.54, 1.807) is 16.9 Å². The minimum atomic E-state index is -0.374. The van der Waals surface area contributed by atoms with Crippen molar-refractivity contribution < 1.29 is 9.90 Å². The summed E-state index contributed by atoms with van der Waals surface area (Å²) in [4.78, 5) is 29.7. The Kier molecular flexibility index (Phi) is 4.47. The zero-order valence-corrected chi connectivity index (χ0v) is 15.9. The number of nitrogens with one attached hydrogen (secondary N) is 1. The SMILES string of the molecule is O=C(Nc1cnc2ccc(N3CCCC3)nn12)c1cnc(N2CCC(O)C2)cn1. The first kappa shape index (κ1) is 17.8. The van der Waals surface area contributed by atoms with Crippen molar-refractivity contribution >= 4 is 29.0 Å². The number of aromatic nitrogens is 5. The van der Waals surface area contributed by atoms with Gasteiger partial charge in [0.25, 0.3) is 5.91 Å². The number of imidazole rings is 1. The van der Waals surface area contributed by atoms with Gasteiger partial charge in [0.05, 0.1) is 24.7 Å². The molecule has 3 aromatic rings. The predicted octanol–water partition coefficient (Wildman–Crippen LogP) is 0.943. The third kappa shape index (κ3) is 3.46. The molecule has 5 rings (SSSR count). The highest BCUT2D eigenvalue weighted by Gasteiger charge is 2.22. The van der Waals surface area contributed by atoms with E-state index < -0.39 is 0 Å². The number of aliphatic hydroxyl groups excluding tert-OH is 1. The maximum Gasteiger partial charge on any atom is 0.277 e. The first-order valence-corrected chi connectivity index (χ1v) is 9.83. The smallest absolute Gasteiger partial charge is 0.277 e. The molecule has 3 aromatic heterocycles. The van der Waals surface area contributed by atoms with E-state index in [0.717, 1.165) is 38.3 Å². The van der Waals surface area contributed by atoms with E-state index >= 15 is 0 Å². The van der Waals surface area contributed by atoms with E-state index in [1.165, 1.54) is 6.20 Å². The van der Waals surface area contributed by atoms with Crippen molar-refractivity contribution in [3.63, 3.8) is 0 Å². The topological polar surface area (TPSA) is 112 Å². The molecule has 0 aliphatic carbocycles. The normalized spacial score (nSPS) is 19.3. The van der Waals surface area contributed by atoms with Crippen LogP contribution in [0, 0.1) is 0 Å². The number of amides is 1. The number of carbonyl (C=O) groups excluding carboxylic acids is 1. The Hall–Kier alpha value is -3.27. The Morgan fingerprint density at radius 1 is 1.00 bits per heavy atom. The summed E-state index contributed by atoms with van der Waals surface area (Å²) in [5, 5.41) is 17.1. The van der Waals surface area contributed by atoms with Gasteiger partial charge in [-0.25, -0.2) is 15.0 Å². The number of hydrogen-bond acceptors (Lipinski definition) is 8. The molecule has 2 aliphatic rings. The van der Waals surface area contributed by atoms with Gasteiger partial charge in [0.15, 0.2) is 11.5 Å². The number of aliphatic hydroxyl groups is 1. The fourth-order valence-electron chi connectivity index (χ4n) is 3.80. The van der Waals surface area contributed by atoms with Crippen LogP contribution in [0.3, 0.4) is 0 Å². The van der Waals surface area contributed by atoms with Gasteiger partial charge in [0, 0.05) is 26.2 Å². The Morgan fingerprint density at radius 3 is 2.59 bits per heavy atom. The van der Waals surface area contributed by atoms with Crippen LogP contribution in [0.2, 0.25) is 0 Å². The van der Waals surface area contributed by atoms with Crippen LogP contribution in [0.4, 0.5) is 17.5 Å². The molecule has 2 saturated heterocycles. The zero-order chi connectivity index (χ0) is 19.8. The molecule has 0 spiro atoms. The minimum absolute atomic E-state index is 0.208. The van der Waals surface area contributed by atoms with Gasteiger partial charge in [0.1, 0.15) is 17.3 Å². The Bertz CT molecular complexity index is 1030. The molecule has 2 N–H and O–H groups in total. The quantitative estimate of drug-likeness (QED) is 0.673. The summed E-state index contributed by atoms with van der Waals surface area (Å²) in [6, 6.07) is 3.86. The molecule has 10 heteroatoms. The summed E-state index contributed by atoms with van der Waals surface area (Å²) in [6.07, 6.45) is 7.29. The van der Waals surface area contributed by atoms with E-state index in [9.17, 15) is 9.90 Å². The number of fused-ring (bicyclic) bond motifs is 1. The van der Waals surface area contributed by atoms with E-state index in [2.05, 4.69) is 30.3 Å². The van der Waals surface area contributed by atoms with Gasteiger partial charge < -0.3 is 20.2 Å². The second kappa shape index (κ2) is 7.28. The van der Waals surface area contributed by atoms with Crippen molar-refractivity contribution in [2.75, 3.05) is 41.3 Å². The maximum atomic E-state index is 12.6. The van der Waals surface area contributed by atoms with Crippen molar-refractivity contribution in [2.45, 2.75) is 25.4 Å². The number of carbonyl (C=O) groups is 1. The van der Waals surface area contributed by atoms with Gasteiger partial charge in [-0.3, -0.25) is 4.79 Å². The summed E-state index contributed by atoms with van der Waals surface area (Å²) >= 11 is 0. The average Bonchev–Trinajstić information content (AvgIpc) is 3.49. The van der Waals surface area contributed by atoms with Crippen molar-refractivity contribution in [2.24, 2.45) is 0 Å². The zero-order valence-electron chi connectivity index (χ0n) is 15.9. The van der Waals surface area contributed by atoms with Crippen LogP contribution in [-0.2, 0) is 0 Å². The molecule has 0 bridgehead atoms. The molecule has 29 heavy (non-hydrogen) atoms. The van der Waals surface area contributed by atoms with Crippen molar-refractivity contribution in [3.8, 4) is 0 Å². The second-order valence-corrected chi connectivity index (χ2v) is 7.40. The molecule has 5 heterocycles. The molecule has 1 atom stereocenters. The van der Waals surface area contributed by atoms with Crippen molar-refractivity contribution in [1.29, 1.82) is 0 Å². The second-order valence-electron chi connectivity index (χ2n) is 7.40. The summed E-state index contributed by atoms with van der Waals surface area (Å²) in [7, 11) is 0. The molecule has 1 amide bonds. The van der Waals surface area contributed by atoms with Crippen LogP contribution in [0.15, 0.2) is 30.7 Å². The van der Waals surface area contributed by atoms with Gasteiger partial charge in [-0.05, 0) is 31.4 Å². The van der Waals surface area contributed by atoms with E-state index in [0.29, 0.717) is 30.2 Å². The fraction of sp³-hybridized carbons (Fsp3) is 0.421. The molecular formula is C19H22N8O2. The van der Waals surface area contributed by atoms with Gasteiger partial charge in [-0.2, -0.15) is 4.52 Å². The number of rotatable bonds is 4. The third-order valence-electron chi connectivity index (χ3n) is 5.38. The van der Waals surface area contributed by atoms with Crippen LogP contribution in [0.25, 0.3) is 5.65 Å². The van der Waals surface area contributed by atoms with Gasteiger partial charge in [-0.1, -0.05) is 0 Å². The average molecular weight is 394 g/mol. The van der Waals surface area contributed by atoms with E-state index in [4.69, 9.17) is 0 Å². The predicted molar refractivity (Wildman–Crippen MR) is 107 cm³/mol. The van der Waals surface area contributed by atoms with Gasteiger partial charge >= 0.3 is 0 Å². The Morgan fingerprint density at radius 2 is 1.86 bits per heavy atom. The van der Waals surface area contributed by atoms with Gasteiger partial charge in [-0.15, -0.1) is 5.10 Å². The fourth-order valence-corrected chi connectivity index (χ4v) is 3.80. The van der Waals surface area contributed by atoms with Crippen molar-refractivity contribution in [3.05, 3.63) is 36.4 Å². The molecule has 1 unspecified atom stereocenters. The lowest BCUT2D eigenvalue weighted by Crippen LogP contribution is -2.23. The van der Waals surface area contributed by atoms with Crippen LogP contribution in [-0.4, -0.2) is 67.9 Å². The highest BCUT2D eigenvalue weighted by Crippen LogP contribution is 2.20. The third-order valence-corrected chi connectivity index (χ3v) is 5.38. The Balaban J connectivity index is 1.33. The summed E-state index contributed by atoms with van der Waals surface area (Å²) in [6.45, 7) is 3.25. The minimum Gasteiger partial charge on any atom is -0.391 e. The molecule has 2 aliphatic heterocycles. The summed E-state index contributed by atoms with van der Waals surface area (Å²) in [5.74, 6) is 1.64. The summed E-state index contributed by atoms with van der Waals surface area (Å²) < 4.78 is 1.64. The first-order chi connectivity index (χ1) is 14.2. The molecule has 2 fully saturated rings. The molecule has 0 aromatic carbocycles.